The third-order valence-electron chi connectivity index (χ3n) is 3.64. The maximum absolute atomic E-state index is 13.8. The Morgan fingerprint density at radius 3 is 2.71 bits per heavy atom. The Kier molecular flexibility index (Phi) is 4.80. The van der Waals surface area contributed by atoms with Crippen LogP contribution >= 0.6 is 0 Å². The van der Waals surface area contributed by atoms with Gasteiger partial charge in [0, 0.05) is 25.2 Å². The molecule has 0 bridgehead atoms. The minimum atomic E-state index is -3.95. The minimum absolute atomic E-state index is 0.119. The van der Waals surface area contributed by atoms with Crippen molar-refractivity contribution in [2.24, 2.45) is 5.73 Å². The SMILES string of the molecule is Cc1cc(F)c(NS(=O)(=O)N2CCCCC2CN)cc1F. The average Bonchev–Trinajstić information content (AvgIpc) is 2.44. The van der Waals surface area contributed by atoms with Gasteiger partial charge in [0.2, 0.25) is 0 Å². The van der Waals surface area contributed by atoms with Crippen LogP contribution in [0.2, 0.25) is 0 Å². The predicted molar refractivity (Wildman–Crippen MR) is 77.0 cm³/mol. The molecule has 1 aromatic rings. The van der Waals surface area contributed by atoms with Gasteiger partial charge < -0.3 is 5.73 Å². The second-order valence-electron chi connectivity index (χ2n) is 5.18. The molecule has 21 heavy (non-hydrogen) atoms. The molecule has 0 spiro atoms. The molecule has 0 saturated carbocycles. The first-order valence-electron chi connectivity index (χ1n) is 6.80. The van der Waals surface area contributed by atoms with Crippen LogP contribution in [0.25, 0.3) is 0 Å². The number of nitrogens with two attached hydrogens (primary N) is 1. The molecule has 0 aromatic heterocycles. The molecule has 0 radical (unpaired) electrons. The molecule has 1 heterocycles. The zero-order chi connectivity index (χ0) is 15.6. The summed E-state index contributed by atoms with van der Waals surface area (Å²) < 4.78 is 55.3. The highest BCUT2D eigenvalue weighted by molar-refractivity contribution is 7.90. The molecule has 8 heteroatoms. The zero-order valence-electron chi connectivity index (χ0n) is 11.8. The van der Waals surface area contributed by atoms with E-state index in [9.17, 15) is 17.2 Å². The minimum Gasteiger partial charge on any atom is -0.329 e. The van der Waals surface area contributed by atoms with Gasteiger partial charge in [-0.05, 0) is 31.4 Å². The lowest BCUT2D eigenvalue weighted by atomic mass is 10.1. The number of halogens is 2. The third-order valence-corrected chi connectivity index (χ3v) is 5.22. The molecule has 1 aromatic carbocycles. The van der Waals surface area contributed by atoms with Gasteiger partial charge in [-0.3, -0.25) is 4.72 Å². The van der Waals surface area contributed by atoms with Crippen LogP contribution in [-0.2, 0) is 10.2 Å². The Balaban J connectivity index is 2.26. The highest BCUT2D eigenvalue weighted by Crippen LogP contribution is 2.24. The Bertz CT molecular complexity index is 622. The second-order valence-corrected chi connectivity index (χ2v) is 6.81. The zero-order valence-corrected chi connectivity index (χ0v) is 12.6. The van der Waals surface area contributed by atoms with Crippen LogP contribution in [0.1, 0.15) is 24.8 Å². The third kappa shape index (κ3) is 3.50. The maximum atomic E-state index is 13.8. The highest BCUT2D eigenvalue weighted by Gasteiger charge is 2.32. The summed E-state index contributed by atoms with van der Waals surface area (Å²) in [6.07, 6.45) is 2.30. The number of hydrogen-bond acceptors (Lipinski definition) is 3. The van der Waals surface area contributed by atoms with E-state index in [0.717, 1.165) is 25.0 Å². The lowest BCUT2D eigenvalue weighted by Gasteiger charge is -2.33. The molecule has 1 unspecified atom stereocenters. The Morgan fingerprint density at radius 1 is 1.33 bits per heavy atom. The van der Waals surface area contributed by atoms with Crippen molar-refractivity contribution < 1.29 is 17.2 Å². The summed E-state index contributed by atoms with van der Waals surface area (Å²) in [5.74, 6) is -1.47. The maximum Gasteiger partial charge on any atom is 0.302 e. The fraction of sp³-hybridized carbons (Fsp3) is 0.538. The van der Waals surface area contributed by atoms with E-state index in [4.69, 9.17) is 5.73 Å². The van der Waals surface area contributed by atoms with Crippen LogP contribution in [0.3, 0.4) is 0 Å². The summed E-state index contributed by atoms with van der Waals surface area (Å²) in [6.45, 7) is 1.94. The Labute approximate surface area is 123 Å². The summed E-state index contributed by atoms with van der Waals surface area (Å²) in [4.78, 5) is 0. The molecular formula is C13H19F2N3O2S. The number of hydrogen-bond donors (Lipinski definition) is 2. The molecule has 118 valence electrons. The topological polar surface area (TPSA) is 75.4 Å². The first kappa shape index (κ1) is 16.1. The van der Waals surface area contributed by atoms with Crippen molar-refractivity contribution in [2.45, 2.75) is 32.2 Å². The van der Waals surface area contributed by atoms with Gasteiger partial charge >= 0.3 is 10.2 Å². The monoisotopic (exact) mass is 319 g/mol. The van der Waals surface area contributed by atoms with Gasteiger partial charge in [0.25, 0.3) is 0 Å². The smallest absolute Gasteiger partial charge is 0.302 e. The van der Waals surface area contributed by atoms with Crippen LogP contribution < -0.4 is 10.5 Å². The number of piperidine rings is 1. The molecule has 0 amide bonds. The highest BCUT2D eigenvalue weighted by atomic mass is 32.2. The molecule has 3 N–H and O–H groups in total. The van der Waals surface area contributed by atoms with Crippen LogP contribution in [0.5, 0.6) is 0 Å². The average molecular weight is 319 g/mol. The van der Waals surface area contributed by atoms with Gasteiger partial charge in [-0.2, -0.15) is 12.7 Å². The first-order valence-corrected chi connectivity index (χ1v) is 8.24. The largest absolute Gasteiger partial charge is 0.329 e. The summed E-state index contributed by atoms with van der Waals surface area (Å²) in [7, 11) is -3.95. The van der Waals surface area contributed by atoms with E-state index in [-0.39, 0.29) is 23.8 Å². The molecule has 1 atom stereocenters. The van der Waals surface area contributed by atoms with Crippen molar-refractivity contribution in [2.75, 3.05) is 17.8 Å². The molecular weight excluding hydrogens is 300 g/mol. The van der Waals surface area contributed by atoms with Crippen LogP contribution in [0.15, 0.2) is 12.1 Å². The number of nitrogens with one attached hydrogen (secondary N) is 1. The van der Waals surface area contributed by atoms with Gasteiger partial charge in [0.15, 0.2) is 0 Å². The molecule has 1 saturated heterocycles. The van der Waals surface area contributed by atoms with Gasteiger partial charge in [-0.1, -0.05) is 6.42 Å². The van der Waals surface area contributed by atoms with Gasteiger partial charge in [-0.25, -0.2) is 8.78 Å². The molecule has 5 nitrogen and oxygen atoms in total. The lowest BCUT2D eigenvalue weighted by Crippen LogP contribution is -2.49. The van der Waals surface area contributed by atoms with E-state index in [0.29, 0.717) is 13.0 Å². The van der Waals surface area contributed by atoms with Crippen molar-refractivity contribution in [3.63, 3.8) is 0 Å². The quantitative estimate of drug-likeness (QED) is 0.887. The second kappa shape index (κ2) is 6.25. The first-order chi connectivity index (χ1) is 9.85. The fourth-order valence-corrected chi connectivity index (χ4v) is 3.95. The van der Waals surface area contributed by atoms with E-state index < -0.39 is 21.8 Å². The molecule has 1 fully saturated rings. The van der Waals surface area contributed by atoms with Gasteiger partial charge in [-0.15, -0.1) is 0 Å². The van der Waals surface area contributed by atoms with Crippen molar-refractivity contribution in [3.05, 3.63) is 29.3 Å². The normalized spacial score (nSPS) is 20.5. The van der Waals surface area contributed by atoms with Crippen LogP contribution in [-0.4, -0.2) is 31.9 Å². The molecule has 2 rings (SSSR count). The van der Waals surface area contributed by atoms with Crippen molar-refractivity contribution in [1.29, 1.82) is 0 Å². The number of anilines is 1. The van der Waals surface area contributed by atoms with E-state index in [1.54, 1.807) is 0 Å². The Hall–Kier alpha value is -1.25. The summed E-state index contributed by atoms with van der Waals surface area (Å²) in [5.41, 5.74) is 5.32. The summed E-state index contributed by atoms with van der Waals surface area (Å²) in [6, 6.07) is 1.50. The van der Waals surface area contributed by atoms with E-state index in [2.05, 4.69) is 4.72 Å². The fourth-order valence-electron chi connectivity index (χ4n) is 2.45. The standard InChI is InChI=1S/C13H19F2N3O2S/c1-9-6-12(15)13(7-11(9)14)17-21(19,20)18-5-3-2-4-10(18)8-16/h6-7,10,17H,2-5,8,16H2,1H3. The lowest BCUT2D eigenvalue weighted by molar-refractivity contribution is 0.259. The van der Waals surface area contributed by atoms with E-state index >= 15 is 0 Å². The molecule has 1 aliphatic rings. The van der Waals surface area contributed by atoms with Crippen LogP contribution in [0.4, 0.5) is 14.5 Å². The molecule has 0 aliphatic carbocycles. The number of nitrogens with zero attached hydrogens (tertiary/aromatic N) is 1. The number of aryl methyl sites for hydroxylation is 1. The van der Waals surface area contributed by atoms with Gasteiger partial charge in [0.1, 0.15) is 11.6 Å². The molecule has 1 aliphatic heterocycles. The van der Waals surface area contributed by atoms with Crippen molar-refractivity contribution in [1.82, 2.24) is 4.31 Å². The Morgan fingerprint density at radius 2 is 2.05 bits per heavy atom. The number of benzene rings is 1. The van der Waals surface area contributed by atoms with Crippen molar-refractivity contribution in [3.8, 4) is 0 Å². The van der Waals surface area contributed by atoms with Crippen molar-refractivity contribution >= 4 is 15.9 Å². The van der Waals surface area contributed by atoms with E-state index in [1.807, 2.05) is 0 Å². The van der Waals surface area contributed by atoms with E-state index in [1.165, 1.54) is 11.2 Å². The summed E-state index contributed by atoms with van der Waals surface area (Å²) in [5, 5.41) is 0. The van der Waals surface area contributed by atoms with Crippen LogP contribution in [0, 0.1) is 18.6 Å². The number of rotatable bonds is 4. The van der Waals surface area contributed by atoms with Gasteiger partial charge in [0.05, 0.1) is 5.69 Å². The predicted octanol–water partition coefficient (Wildman–Crippen LogP) is 1.74. The summed E-state index contributed by atoms with van der Waals surface area (Å²) >= 11 is 0.